The van der Waals surface area contributed by atoms with Crippen LogP contribution < -0.4 is 5.32 Å². The number of carbonyl (C=O) groups is 1. The van der Waals surface area contributed by atoms with Gasteiger partial charge in [0.1, 0.15) is 6.29 Å². The summed E-state index contributed by atoms with van der Waals surface area (Å²) in [7, 11) is 1.92. The van der Waals surface area contributed by atoms with Crippen LogP contribution in [0.25, 0.3) is 10.2 Å². The molecule has 4 heteroatoms. The molecule has 1 aromatic heterocycles. The molecule has 0 unspecified atom stereocenters. The Morgan fingerprint density at radius 2 is 2.06 bits per heavy atom. The number of hydrogen-bond acceptors (Lipinski definition) is 4. The number of carbonyl (C=O) groups excluding carboxylic acids is 1. The normalized spacial score (nSPS) is 12.8. The van der Waals surface area contributed by atoms with Crippen LogP contribution in [0.1, 0.15) is 30.9 Å². The highest BCUT2D eigenvalue weighted by atomic mass is 32.1. The zero-order valence-corrected chi connectivity index (χ0v) is 11.6. The van der Waals surface area contributed by atoms with Crippen molar-refractivity contribution in [3.05, 3.63) is 23.3 Å². The maximum atomic E-state index is 9.17. The van der Waals surface area contributed by atoms with E-state index in [1.807, 2.05) is 14.0 Å². The Labute approximate surface area is 111 Å². The number of aromatic nitrogens is 1. The molecule has 0 fully saturated rings. The van der Waals surface area contributed by atoms with Crippen molar-refractivity contribution in [2.75, 3.05) is 12.4 Å². The molecular weight excluding hydrogens is 244 g/mol. The second-order valence-electron chi connectivity index (χ2n) is 4.29. The van der Waals surface area contributed by atoms with E-state index in [1.165, 1.54) is 35.1 Å². The van der Waals surface area contributed by atoms with Crippen LogP contribution in [0.4, 0.5) is 5.13 Å². The third-order valence-corrected chi connectivity index (χ3v) is 4.02. The third-order valence-electron chi connectivity index (χ3n) is 2.98. The van der Waals surface area contributed by atoms with Crippen LogP contribution in [0.5, 0.6) is 0 Å². The topological polar surface area (TPSA) is 42.0 Å². The van der Waals surface area contributed by atoms with Crippen molar-refractivity contribution < 1.29 is 4.79 Å². The molecule has 18 heavy (non-hydrogen) atoms. The number of fused-ring (bicyclic) bond motifs is 2. The van der Waals surface area contributed by atoms with Crippen molar-refractivity contribution in [2.45, 2.75) is 32.6 Å². The summed E-state index contributed by atoms with van der Waals surface area (Å²) in [4.78, 5) is 13.7. The molecule has 0 radical (unpaired) electrons. The Morgan fingerprint density at radius 1 is 1.39 bits per heavy atom. The predicted octanol–water partition coefficient (Wildman–Crippen LogP) is 3.42. The van der Waals surface area contributed by atoms with Gasteiger partial charge in [-0.05, 0) is 42.5 Å². The fraction of sp³-hybridized carbons (Fsp3) is 0.429. The van der Waals surface area contributed by atoms with E-state index in [2.05, 4.69) is 22.4 Å². The monoisotopic (exact) mass is 262 g/mol. The molecule has 0 saturated heterocycles. The van der Waals surface area contributed by atoms with E-state index in [-0.39, 0.29) is 0 Å². The van der Waals surface area contributed by atoms with Gasteiger partial charge < -0.3 is 10.1 Å². The molecule has 96 valence electrons. The van der Waals surface area contributed by atoms with Crippen LogP contribution in [0, 0.1) is 0 Å². The molecule has 0 amide bonds. The Hall–Kier alpha value is -1.42. The maximum Gasteiger partial charge on any atom is 0.183 e. The highest BCUT2D eigenvalue weighted by Crippen LogP contribution is 2.31. The summed E-state index contributed by atoms with van der Waals surface area (Å²) in [5.74, 6) is 0. The molecule has 3 rings (SSSR count). The first-order chi connectivity index (χ1) is 8.78. The zero-order chi connectivity index (χ0) is 13.0. The first-order valence-electron chi connectivity index (χ1n) is 6.32. The summed E-state index contributed by atoms with van der Waals surface area (Å²) in [6, 6.07) is 4.57. The Kier molecular flexibility index (Phi) is 4.31. The average molecular weight is 262 g/mol. The summed E-state index contributed by atoms with van der Waals surface area (Å²) >= 11 is 1.74. The zero-order valence-electron chi connectivity index (χ0n) is 10.8. The summed E-state index contributed by atoms with van der Waals surface area (Å²) in [6.07, 6.45) is 5.31. The first-order valence-corrected chi connectivity index (χ1v) is 7.13. The molecule has 0 saturated carbocycles. The molecule has 2 aromatic rings. The number of rotatable bonds is 2. The molecule has 0 aliphatic heterocycles. The standard InChI is InChI=1S/C11H12N2S.C3H6O/c1-12-11-13-9-5-7-3-2-4-8(7)6-10(9)14-11;1-2-3-4/h5-6H,2-4H2,1H3,(H,12,13);3H,2H2,1H3. The summed E-state index contributed by atoms with van der Waals surface area (Å²) < 4.78 is 1.31. The number of anilines is 1. The lowest BCUT2D eigenvalue weighted by Gasteiger charge is -1.96. The van der Waals surface area contributed by atoms with Gasteiger partial charge >= 0.3 is 0 Å². The molecular formula is C14H18N2OS. The predicted molar refractivity (Wildman–Crippen MR) is 77.5 cm³/mol. The van der Waals surface area contributed by atoms with E-state index in [0.29, 0.717) is 6.42 Å². The number of aldehydes is 1. The van der Waals surface area contributed by atoms with Crippen molar-refractivity contribution in [2.24, 2.45) is 0 Å². The van der Waals surface area contributed by atoms with Gasteiger partial charge in [-0.2, -0.15) is 0 Å². The Balaban J connectivity index is 0.000000267. The number of hydrogen-bond donors (Lipinski definition) is 1. The van der Waals surface area contributed by atoms with Crippen LogP contribution in [-0.2, 0) is 17.6 Å². The van der Waals surface area contributed by atoms with E-state index in [1.54, 1.807) is 11.3 Å². The lowest BCUT2D eigenvalue weighted by atomic mass is 10.1. The molecule has 1 N–H and O–H groups in total. The van der Waals surface area contributed by atoms with Crippen LogP contribution in [0.2, 0.25) is 0 Å². The van der Waals surface area contributed by atoms with Crippen LogP contribution >= 0.6 is 11.3 Å². The van der Waals surface area contributed by atoms with Crippen molar-refractivity contribution in [1.29, 1.82) is 0 Å². The minimum absolute atomic E-state index is 0.639. The minimum atomic E-state index is 0.639. The van der Waals surface area contributed by atoms with Crippen molar-refractivity contribution >= 4 is 33.0 Å². The molecule has 0 atom stereocenters. The van der Waals surface area contributed by atoms with Crippen molar-refractivity contribution in [3.8, 4) is 0 Å². The highest BCUT2D eigenvalue weighted by Gasteiger charge is 2.13. The van der Waals surface area contributed by atoms with E-state index in [0.717, 1.165) is 16.9 Å². The number of aryl methyl sites for hydroxylation is 2. The van der Waals surface area contributed by atoms with E-state index >= 15 is 0 Å². The fourth-order valence-electron chi connectivity index (χ4n) is 2.10. The summed E-state index contributed by atoms with van der Waals surface area (Å²) in [6.45, 7) is 1.81. The average Bonchev–Trinajstić information content (AvgIpc) is 3.00. The van der Waals surface area contributed by atoms with Gasteiger partial charge in [0.25, 0.3) is 0 Å². The fourth-order valence-corrected chi connectivity index (χ4v) is 2.97. The molecule has 1 aliphatic carbocycles. The van der Waals surface area contributed by atoms with Gasteiger partial charge in [0.2, 0.25) is 0 Å². The first kappa shape index (κ1) is 13.0. The Bertz CT molecular complexity index is 507. The molecule has 0 bridgehead atoms. The molecule has 0 spiro atoms. The largest absolute Gasteiger partial charge is 0.365 e. The van der Waals surface area contributed by atoms with E-state index < -0.39 is 0 Å². The molecule has 1 aliphatic rings. The summed E-state index contributed by atoms with van der Waals surface area (Å²) in [5.41, 5.74) is 4.19. The Morgan fingerprint density at radius 3 is 2.67 bits per heavy atom. The van der Waals surface area contributed by atoms with Gasteiger partial charge in [-0.1, -0.05) is 18.3 Å². The smallest absolute Gasteiger partial charge is 0.183 e. The third kappa shape index (κ3) is 2.70. The molecule has 1 heterocycles. The highest BCUT2D eigenvalue weighted by molar-refractivity contribution is 7.22. The number of thiazole rings is 1. The number of nitrogens with one attached hydrogen (secondary N) is 1. The van der Waals surface area contributed by atoms with Crippen molar-refractivity contribution in [1.82, 2.24) is 4.98 Å². The van der Waals surface area contributed by atoms with E-state index in [9.17, 15) is 4.79 Å². The SMILES string of the molecule is CCC=O.CNc1nc2cc3c(cc2s1)CCC3. The molecule has 1 aromatic carbocycles. The second-order valence-corrected chi connectivity index (χ2v) is 5.32. The lowest BCUT2D eigenvalue weighted by Crippen LogP contribution is -1.84. The summed E-state index contributed by atoms with van der Waals surface area (Å²) in [5, 5.41) is 4.12. The maximum absolute atomic E-state index is 9.17. The van der Waals surface area contributed by atoms with Gasteiger partial charge in [-0.25, -0.2) is 4.98 Å². The van der Waals surface area contributed by atoms with Gasteiger partial charge in [0, 0.05) is 13.5 Å². The lowest BCUT2D eigenvalue weighted by molar-refractivity contribution is -0.107. The number of benzene rings is 1. The van der Waals surface area contributed by atoms with E-state index in [4.69, 9.17) is 0 Å². The van der Waals surface area contributed by atoms with Gasteiger partial charge in [0.15, 0.2) is 5.13 Å². The van der Waals surface area contributed by atoms with Gasteiger partial charge in [-0.3, -0.25) is 0 Å². The van der Waals surface area contributed by atoms with Crippen LogP contribution in [-0.4, -0.2) is 18.3 Å². The quantitative estimate of drug-likeness (QED) is 0.843. The van der Waals surface area contributed by atoms with Crippen LogP contribution in [0.15, 0.2) is 12.1 Å². The minimum Gasteiger partial charge on any atom is -0.365 e. The molecule has 3 nitrogen and oxygen atoms in total. The second kappa shape index (κ2) is 5.96. The van der Waals surface area contributed by atoms with Crippen molar-refractivity contribution in [3.63, 3.8) is 0 Å². The van der Waals surface area contributed by atoms with Gasteiger partial charge in [-0.15, -0.1) is 0 Å². The van der Waals surface area contributed by atoms with Crippen LogP contribution in [0.3, 0.4) is 0 Å². The number of nitrogens with zero attached hydrogens (tertiary/aromatic N) is 1. The van der Waals surface area contributed by atoms with Gasteiger partial charge in [0.05, 0.1) is 10.2 Å².